The number of hydrogen-bond donors (Lipinski definition) is 3. The van der Waals surface area contributed by atoms with Crippen molar-refractivity contribution in [1.82, 2.24) is 5.43 Å². The summed E-state index contributed by atoms with van der Waals surface area (Å²) in [6.45, 7) is 0.0655. The number of ether oxygens (including phenoxy) is 1. The number of nitrogens with one attached hydrogen (secondary N) is 2. The van der Waals surface area contributed by atoms with Gasteiger partial charge in [0.05, 0.1) is 34.3 Å². The molecule has 0 aromatic heterocycles. The molecule has 4 N–H and O–H groups in total. The average molecular weight is 534 g/mol. The largest absolute Gasteiger partial charge is 0.418 e. The van der Waals surface area contributed by atoms with Gasteiger partial charge in [-0.2, -0.15) is 13.2 Å². The second kappa shape index (κ2) is 11.1. The lowest BCUT2D eigenvalue weighted by molar-refractivity contribution is -0.137. The zero-order chi connectivity index (χ0) is 26.6. The SMILES string of the molecule is NCc1cccc(N(NC(=O)Nc2ccc(N3CCOCC3=O)c(C(F)(F)F)c2)c2ccccc2Cl)c1. The Morgan fingerprint density at radius 3 is 2.59 bits per heavy atom. The molecule has 3 aromatic rings. The molecule has 0 bridgehead atoms. The number of para-hydroxylation sites is 1. The lowest BCUT2D eigenvalue weighted by atomic mass is 10.1. The number of nitrogens with two attached hydrogens (primary N) is 1. The van der Waals surface area contributed by atoms with Gasteiger partial charge >= 0.3 is 12.2 Å². The van der Waals surface area contributed by atoms with E-state index < -0.39 is 23.7 Å². The van der Waals surface area contributed by atoms with Gasteiger partial charge in [0.25, 0.3) is 5.91 Å². The summed E-state index contributed by atoms with van der Waals surface area (Å²) in [5.74, 6) is -0.578. The van der Waals surface area contributed by atoms with Gasteiger partial charge in [0.15, 0.2) is 0 Å². The first-order chi connectivity index (χ1) is 17.7. The zero-order valence-electron chi connectivity index (χ0n) is 19.4. The predicted octanol–water partition coefficient (Wildman–Crippen LogP) is 5.06. The summed E-state index contributed by atoms with van der Waals surface area (Å²) in [7, 11) is 0. The quantitative estimate of drug-likeness (QED) is 0.385. The lowest BCUT2D eigenvalue weighted by Crippen LogP contribution is -2.43. The van der Waals surface area contributed by atoms with Crippen LogP contribution < -0.4 is 26.4 Å². The van der Waals surface area contributed by atoms with E-state index in [-0.39, 0.29) is 37.7 Å². The number of hydrogen-bond acceptors (Lipinski definition) is 5. The fourth-order valence-electron chi connectivity index (χ4n) is 3.83. The first-order valence-electron chi connectivity index (χ1n) is 11.2. The number of carbonyl (C=O) groups is 2. The highest BCUT2D eigenvalue weighted by Crippen LogP contribution is 2.39. The molecule has 3 aromatic carbocycles. The Kier molecular flexibility index (Phi) is 7.86. The van der Waals surface area contributed by atoms with E-state index >= 15 is 0 Å². The smallest absolute Gasteiger partial charge is 0.370 e. The van der Waals surface area contributed by atoms with Crippen LogP contribution in [0.5, 0.6) is 0 Å². The maximum atomic E-state index is 13.9. The molecular formula is C25H23ClF3N5O3. The minimum atomic E-state index is -4.77. The molecule has 0 unspecified atom stereocenters. The van der Waals surface area contributed by atoms with E-state index in [4.69, 9.17) is 22.1 Å². The van der Waals surface area contributed by atoms with Crippen LogP contribution in [-0.2, 0) is 22.3 Å². The first kappa shape index (κ1) is 26.3. The Labute approximate surface area is 215 Å². The van der Waals surface area contributed by atoms with Crippen molar-refractivity contribution in [3.05, 3.63) is 82.9 Å². The maximum absolute atomic E-state index is 13.9. The lowest BCUT2D eigenvalue weighted by Gasteiger charge is -2.29. The van der Waals surface area contributed by atoms with Crippen molar-refractivity contribution in [2.24, 2.45) is 5.73 Å². The number of urea groups is 1. The van der Waals surface area contributed by atoms with Gasteiger partial charge < -0.3 is 20.7 Å². The fourth-order valence-corrected chi connectivity index (χ4v) is 4.05. The van der Waals surface area contributed by atoms with Crippen LogP contribution in [0.25, 0.3) is 0 Å². The standard InChI is InChI=1S/C25H23ClF3N5O3/c26-20-6-1-2-7-22(20)34(18-5-3-4-16(12-18)14-30)32-24(36)31-17-8-9-21(19(13-17)25(27,28)29)33-10-11-37-15-23(33)35/h1-9,12-13H,10-11,14-15,30H2,(H2,31,32,36). The topological polar surface area (TPSA) is 99.9 Å². The van der Waals surface area contributed by atoms with E-state index in [1.54, 1.807) is 42.5 Å². The van der Waals surface area contributed by atoms with Gasteiger partial charge in [-0.25, -0.2) is 10.2 Å². The number of halogens is 4. The molecule has 12 heteroatoms. The van der Waals surface area contributed by atoms with E-state index in [9.17, 15) is 22.8 Å². The second-order valence-corrected chi connectivity index (χ2v) is 8.46. The number of carbonyl (C=O) groups excluding carboxylic acids is 2. The Morgan fingerprint density at radius 1 is 1.11 bits per heavy atom. The minimum absolute atomic E-state index is 0.0101. The van der Waals surface area contributed by atoms with Gasteiger partial charge in [-0.1, -0.05) is 35.9 Å². The van der Waals surface area contributed by atoms with Gasteiger partial charge in [0, 0.05) is 18.8 Å². The summed E-state index contributed by atoms with van der Waals surface area (Å²) in [4.78, 5) is 26.1. The van der Waals surface area contributed by atoms with Gasteiger partial charge in [-0.3, -0.25) is 9.80 Å². The molecule has 0 atom stereocenters. The van der Waals surface area contributed by atoms with Crippen LogP contribution in [0.3, 0.4) is 0 Å². The monoisotopic (exact) mass is 533 g/mol. The molecule has 194 valence electrons. The molecule has 0 saturated carbocycles. The summed E-state index contributed by atoms with van der Waals surface area (Å²) < 4.78 is 46.7. The van der Waals surface area contributed by atoms with Crippen LogP contribution in [0.4, 0.5) is 40.7 Å². The number of amides is 3. The molecule has 1 fully saturated rings. The summed E-state index contributed by atoms with van der Waals surface area (Å²) >= 11 is 6.36. The minimum Gasteiger partial charge on any atom is -0.370 e. The Bertz CT molecular complexity index is 1300. The summed E-state index contributed by atoms with van der Waals surface area (Å²) in [6.07, 6.45) is -4.77. The molecule has 1 aliphatic rings. The Morgan fingerprint density at radius 2 is 1.89 bits per heavy atom. The molecular weight excluding hydrogens is 511 g/mol. The molecule has 0 spiro atoms. The molecule has 3 amide bonds. The number of nitrogens with zero attached hydrogens (tertiary/aromatic N) is 2. The van der Waals surface area contributed by atoms with Gasteiger partial charge in [-0.05, 0) is 48.0 Å². The number of rotatable bonds is 6. The number of anilines is 4. The third-order valence-corrected chi connectivity index (χ3v) is 5.87. The molecule has 1 heterocycles. The highest BCUT2D eigenvalue weighted by molar-refractivity contribution is 6.33. The van der Waals surface area contributed by atoms with Crippen molar-refractivity contribution in [1.29, 1.82) is 0 Å². The molecule has 4 rings (SSSR count). The van der Waals surface area contributed by atoms with Crippen LogP contribution in [0.1, 0.15) is 11.1 Å². The van der Waals surface area contributed by atoms with Gasteiger partial charge in [0.1, 0.15) is 6.61 Å². The summed E-state index contributed by atoms with van der Waals surface area (Å²) in [6, 6.07) is 16.2. The van der Waals surface area contributed by atoms with Crippen molar-refractivity contribution in [2.45, 2.75) is 12.7 Å². The molecule has 1 saturated heterocycles. The van der Waals surface area contributed by atoms with Gasteiger partial charge in [0.2, 0.25) is 0 Å². The van der Waals surface area contributed by atoms with E-state index in [2.05, 4.69) is 10.7 Å². The van der Waals surface area contributed by atoms with Crippen LogP contribution in [0.2, 0.25) is 5.02 Å². The molecule has 0 radical (unpaired) electrons. The summed E-state index contributed by atoms with van der Waals surface area (Å²) in [5, 5.41) is 4.16. The summed E-state index contributed by atoms with van der Waals surface area (Å²) in [5.41, 5.74) is 8.65. The van der Waals surface area contributed by atoms with E-state index in [0.29, 0.717) is 16.4 Å². The second-order valence-electron chi connectivity index (χ2n) is 8.05. The molecule has 8 nitrogen and oxygen atoms in total. The van der Waals surface area contributed by atoms with Crippen LogP contribution >= 0.6 is 11.6 Å². The number of hydrazine groups is 1. The van der Waals surface area contributed by atoms with E-state index in [1.807, 2.05) is 6.07 Å². The maximum Gasteiger partial charge on any atom is 0.418 e. The number of alkyl halides is 3. The normalized spacial score (nSPS) is 13.9. The molecule has 1 aliphatic heterocycles. The predicted molar refractivity (Wildman–Crippen MR) is 135 cm³/mol. The van der Waals surface area contributed by atoms with Crippen molar-refractivity contribution in [3.63, 3.8) is 0 Å². The zero-order valence-corrected chi connectivity index (χ0v) is 20.1. The van der Waals surface area contributed by atoms with E-state index in [1.165, 1.54) is 11.1 Å². The van der Waals surface area contributed by atoms with Crippen LogP contribution in [0, 0.1) is 0 Å². The van der Waals surface area contributed by atoms with Crippen molar-refractivity contribution >= 4 is 46.3 Å². The Hall–Kier alpha value is -3.80. The number of morpholine rings is 1. The van der Waals surface area contributed by atoms with Crippen molar-refractivity contribution in [2.75, 3.05) is 35.0 Å². The van der Waals surface area contributed by atoms with Crippen LogP contribution in [-0.4, -0.2) is 31.7 Å². The highest BCUT2D eigenvalue weighted by atomic mass is 35.5. The third-order valence-electron chi connectivity index (χ3n) is 5.55. The Balaban J connectivity index is 1.62. The first-order valence-corrected chi connectivity index (χ1v) is 11.6. The van der Waals surface area contributed by atoms with Crippen molar-refractivity contribution in [3.8, 4) is 0 Å². The molecule has 0 aliphatic carbocycles. The van der Waals surface area contributed by atoms with Crippen molar-refractivity contribution < 1.29 is 27.5 Å². The number of benzene rings is 3. The van der Waals surface area contributed by atoms with E-state index in [0.717, 1.165) is 22.6 Å². The molecule has 37 heavy (non-hydrogen) atoms. The highest BCUT2D eigenvalue weighted by Gasteiger charge is 2.37. The third kappa shape index (κ3) is 6.13. The average Bonchev–Trinajstić information content (AvgIpc) is 2.88. The van der Waals surface area contributed by atoms with Crippen LogP contribution in [0.15, 0.2) is 66.7 Å². The fraction of sp³-hybridized carbons (Fsp3) is 0.200. The van der Waals surface area contributed by atoms with Gasteiger partial charge in [-0.15, -0.1) is 0 Å².